The second-order valence-corrected chi connectivity index (χ2v) is 6.55. The van der Waals surface area contributed by atoms with E-state index >= 15 is 0 Å². The van der Waals surface area contributed by atoms with Crippen molar-refractivity contribution in [1.29, 1.82) is 0 Å². The third-order valence-electron chi connectivity index (χ3n) is 2.75. The number of benzene rings is 1. The lowest BCUT2D eigenvalue weighted by Crippen LogP contribution is -2.14. The molecule has 1 aromatic carbocycles. The molecule has 0 atom stereocenters. The summed E-state index contributed by atoms with van der Waals surface area (Å²) in [6.45, 7) is 2.42. The van der Waals surface area contributed by atoms with Crippen LogP contribution in [0.5, 0.6) is 0 Å². The van der Waals surface area contributed by atoms with E-state index in [0.29, 0.717) is 11.4 Å². The van der Waals surface area contributed by atoms with Gasteiger partial charge in [0.2, 0.25) is 0 Å². The highest BCUT2D eigenvalue weighted by Crippen LogP contribution is 2.18. The Morgan fingerprint density at radius 1 is 1.35 bits per heavy atom. The van der Waals surface area contributed by atoms with Gasteiger partial charge in [-0.1, -0.05) is 12.1 Å². The second kappa shape index (κ2) is 5.64. The molecular formula is C13H18N4O2S. The van der Waals surface area contributed by atoms with Gasteiger partial charge in [-0.05, 0) is 38.7 Å². The van der Waals surface area contributed by atoms with E-state index < -0.39 is 10.0 Å². The number of anilines is 1. The summed E-state index contributed by atoms with van der Waals surface area (Å²) in [5.74, 6) is 0. The van der Waals surface area contributed by atoms with Gasteiger partial charge in [0.15, 0.2) is 0 Å². The Hall–Kier alpha value is -1.86. The fraction of sp³-hybridized carbons (Fsp3) is 0.308. The van der Waals surface area contributed by atoms with Crippen LogP contribution in [0.2, 0.25) is 0 Å². The summed E-state index contributed by atoms with van der Waals surface area (Å²) in [4.78, 5) is 2.18. The molecule has 2 aromatic rings. The predicted octanol–water partition coefficient (Wildman–Crippen LogP) is 1.58. The van der Waals surface area contributed by atoms with Crippen LogP contribution in [0.15, 0.2) is 35.4 Å². The number of hydrogen-bond donors (Lipinski definition) is 2. The lowest BCUT2D eigenvalue weighted by atomic mass is 10.2. The van der Waals surface area contributed by atoms with Gasteiger partial charge in [0.05, 0.1) is 11.9 Å². The molecular weight excluding hydrogens is 276 g/mol. The van der Waals surface area contributed by atoms with E-state index in [4.69, 9.17) is 0 Å². The molecule has 0 saturated carbocycles. The van der Waals surface area contributed by atoms with E-state index in [1.54, 1.807) is 13.0 Å². The van der Waals surface area contributed by atoms with Crippen LogP contribution in [-0.2, 0) is 16.6 Å². The molecule has 0 aliphatic carbocycles. The van der Waals surface area contributed by atoms with E-state index in [-0.39, 0.29) is 4.90 Å². The number of sulfonamides is 1. The second-order valence-electron chi connectivity index (χ2n) is 4.90. The number of aromatic nitrogens is 2. The molecule has 108 valence electrons. The van der Waals surface area contributed by atoms with Gasteiger partial charge in [-0.15, -0.1) is 0 Å². The molecule has 2 N–H and O–H groups in total. The van der Waals surface area contributed by atoms with E-state index in [9.17, 15) is 8.42 Å². The Bertz CT molecular complexity index is 692. The number of H-pyrrole nitrogens is 1. The highest BCUT2D eigenvalue weighted by atomic mass is 32.2. The quantitative estimate of drug-likeness (QED) is 0.877. The highest BCUT2D eigenvalue weighted by molar-refractivity contribution is 7.92. The summed E-state index contributed by atoms with van der Waals surface area (Å²) < 4.78 is 27.0. The van der Waals surface area contributed by atoms with Gasteiger partial charge >= 0.3 is 0 Å². The van der Waals surface area contributed by atoms with Crippen molar-refractivity contribution in [2.45, 2.75) is 18.4 Å². The van der Waals surface area contributed by atoms with Crippen molar-refractivity contribution in [3.63, 3.8) is 0 Å². The van der Waals surface area contributed by atoms with Crippen LogP contribution in [-0.4, -0.2) is 37.6 Å². The Balaban J connectivity index is 2.24. The predicted molar refractivity (Wildman–Crippen MR) is 78.0 cm³/mol. The van der Waals surface area contributed by atoms with E-state index in [1.807, 2.05) is 37.2 Å². The van der Waals surface area contributed by atoms with Crippen molar-refractivity contribution in [3.8, 4) is 0 Å². The zero-order valence-electron chi connectivity index (χ0n) is 11.7. The molecule has 0 bridgehead atoms. The third-order valence-corrected chi connectivity index (χ3v) is 4.25. The van der Waals surface area contributed by atoms with Gasteiger partial charge in [-0.3, -0.25) is 9.82 Å². The molecule has 0 unspecified atom stereocenters. The van der Waals surface area contributed by atoms with Crippen molar-refractivity contribution in [1.82, 2.24) is 15.1 Å². The Morgan fingerprint density at radius 3 is 2.70 bits per heavy atom. The molecule has 1 aromatic heterocycles. The number of aromatic amines is 1. The number of aryl methyl sites for hydroxylation is 1. The Labute approximate surface area is 118 Å². The number of hydrogen-bond acceptors (Lipinski definition) is 4. The van der Waals surface area contributed by atoms with Gasteiger partial charge in [-0.2, -0.15) is 5.10 Å². The molecule has 0 aliphatic heterocycles. The van der Waals surface area contributed by atoms with Crippen LogP contribution in [0.1, 0.15) is 11.3 Å². The fourth-order valence-electron chi connectivity index (χ4n) is 1.92. The number of nitrogens with zero attached hydrogens (tertiary/aromatic N) is 2. The van der Waals surface area contributed by atoms with Gasteiger partial charge in [0.25, 0.3) is 10.0 Å². The maximum atomic E-state index is 12.2. The molecule has 0 spiro atoms. The maximum Gasteiger partial charge on any atom is 0.265 e. The third kappa shape index (κ3) is 3.37. The van der Waals surface area contributed by atoms with E-state index in [1.165, 1.54) is 6.20 Å². The minimum Gasteiger partial charge on any atom is -0.305 e. The van der Waals surface area contributed by atoms with Crippen LogP contribution in [0.3, 0.4) is 0 Å². The first-order valence-electron chi connectivity index (χ1n) is 6.15. The summed E-state index contributed by atoms with van der Waals surface area (Å²) in [6, 6.07) is 7.35. The molecule has 0 radical (unpaired) electrons. The fourth-order valence-corrected chi connectivity index (χ4v) is 3.11. The minimum atomic E-state index is -3.60. The Kier molecular flexibility index (Phi) is 4.10. The largest absolute Gasteiger partial charge is 0.305 e. The summed E-state index contributed by atoms with van der Waals surface area (Å²) in [5.41, 5.74) is 2.10. The van der Waals surface area contributed by atoms with E-state index in [0.717, 1.165) is 12.1 Å². The molecule has 1 heterocycles. The normalized spacial score (nSPS) is 11.8. The van der Waals surface area contributed by atoms with Gasteiger partial charge in [0, 0.05) is 12.2 Å². The lowest BCUT2D eigenvalue weighted by Gasteiger charge is -2.12. The van der Waals surface area contributed by atoms with Crippen LogP contribution in [0.25, 0.3) is 0 Å². The summed E-state index contributed by atoms with van der Waals surface area (Å²) in [5, 5.41) is 6.36. The van der Waals surface area contributed by atoms with Crippen molar-refractivity contribution < 1.29 is 8.42 Å². The zero-order valence-corrected chi connectivity index (χ0v) is 12.5. The smallest absolute Gasteiger partial charge is 0.265 e. The molecule has 0 amide bonds. The summed E-state index contributed by atoms with van der Waals surface area (Å²) in [6.07, 6.45) is 1.31. The van der Waals surface area contributed by atoms with E-state index in [2.05, 4.69) is 14.9 Å². The topological polar surface area (TPSA) is 78.1 Å². The maximum absolute atomic E-state index is 12.2. The first-order chi connectivity index (χ1) is 9.38. The first kappa shape index (κ1) is 14.5. The van der Waals surface area contributed by atoms with Crippen LogP contribution in [0, 0.1) is 6.92 Å². The SMILES string of the molecule is Cc1[nH]ncc1S(=O)(=O)Nc1cccc(CN(C)C)c1. The van der Waals surface area contributed by atoms with Gasteiger partial charge in [-0.25, -0.2) is 8.42 Å². The van der Waals surface area contributed by atoms with Crippen LogP contribution < -0.4 is 4.72 Å². The molecule has 0 aliphatic rings. The average Bonchev–Trinajstić information content (AvgIpc) is 2.75. The summed E-state index contributed by atoms with van der Waals surface area (Å²) >= 11 is 0. The van der Waals surface area contributed by atoms with Gasteiger partial charge < -0.3 is 4.90 Å². The number of nitrogens with one attached hydrogen (secondary N) is 2. The van der Waals surface area contributed by atoms with Crippen LogP contribution >= 0.6 is 0 Å². The Morgan fingerprint density at radius 2 is 2.10 bits per heavy atom. The average molecular weight is 294 g/mol. The van der Waals surface area contributed by atoms with Crippen molar-refractivity contribution in [2.24, 2.45) is 0 Å². The minimum absolute atomic E-state index is 0.163. The molecule has 0 fully saturated rings. The highest BCUT2D eigenvalue weighted by Gasteiger charge is 2.18. The van der Waals surface area contributed by atoms with Crippen molar-refractivity contribution >= 4 is 15.7 Å². The first-order valence-corrected chi connectivity index (χ1v) is 7.63. The zero-order chi connectivity index (χ0) is 14.8. The monoisotopic (exact) mass is 294 g/mol. The number of rotatable bonds is 5. The molecule has 20 heavy (non-hydrogen) atoms. The van der Waals surface area contributed by atoms with Gasteiger partial charge in [0.1, 0.15) is 4.90 Å². The van der Waals surface area contributed by atoms with Crippen molar-refractivity contribution in [2.75, 3.05) is 18.8 Å². The molecule has 2 rings (SSSR count). The molecule has 7 heteroatoms. The van der Waals surface area contributed by atoms with Crippen molar-refractivity contribution in [3.05, 3.63) is 41.7 Å². The summed E-state index contributed by atoms with van der Waals surface area (Å²) in [7, 11) is 0.325. The lowest BCUT2D eigenvalue weighted by molar-refractivity contribution is 0.402. The molecule has 0 saturated heterocycles. The van der Waals surface area contributed by atoms with Crippen LogP contribution in [0.4, 0.5) is 5.69 Å². The standard InChI is InChI=1S/C13H18N4O2S/c1-10-13(8-14-15-10)20(18,19)16-12-6-4-5-11(7-12)9-17(2)3/h4-8,16H,9H2,1-3H3,(H,14,15). The molecule has 6 nitrogen and oxygen atoms in total.